The van der Waals surface area contributed by atoms with Gasteiger partial charge in [0.2, 0.25) is 0 Å². The molecular formula is C18H14N4. The minimum atomic E-state index is 1.07. The molecular weight excluding hydrogens is 272 g/mol. The summed E-state index contributed by atoms with van der Waals surface area (Å²) < 4.78 is 1.78. The summed E-state index contributed by atoms with van der Waals surface area (Å²) in [5.41, 5.74) is 4.51. The molecule has 0 radical (unpaired) electrons. The van der Waals surface area contributed by atoms with Crippen LogP contribution in [-0.2, 0) is 0 Å². The third-order valence-electron chi connectivity index (χ3n) is 3.65. The molecule has 106 valence electrons. The van der Waals surface area contributed by atoms with Crippen molar-refractivity contribution in [1.82, 2.24) is 14.6 Å². The van der Waals surface area contributed by atoms with Gasteiger partial charge < -0.3 is 4.98 Å². The predicted octanol–water partition coefficient (Wildman–Crippen LogP) is 3.91. The molecule has 3 aromatic heterocycles. The van der Waals surface area contributed by atoms with Crippen molar-refractivity contribution in [3.05, 3.63) is 79.0 Å². The highest BCUT2D eigenvalue weighted by atomic mass is 15.3. The number of nitrogens with zero attached hydrogens (tertiary/aromatic N) is 3. The van der Waals surface area contributed by atoms with Crippen LogP contribution in [0.2, 0.25) is 0 Å². The normalized spacial score (nSPS) is 11.5. The maximum atomic E-state index is 4.40. The van der Waals surface area contributed by atoms with Crippen molar-refractivity contribution in [2.45, 2.75) is 0 Å². The van der Waals surface area contributed by atoms with E-state index >= 15 is 0 Å². The van der Waals surface area contributed by atoms with Crippen LogP contribution in [0, 0.1) is 0 Å². The monoisotopic (exact) mass is 286 g/mol. The van der Waals surface area contributed by atoms with Crippen LogP contribution >= 0.6 is 0 Å². The first-order valence-electron chi connectivity index (χ1n) is 7.09. The van der Waals surface area contributed by atoms with Gasteiger partial charge in [-0.05, 0) is 41.5 Å². The molecule has 0 aliphatic rings. The number of benzene rings is 1. The molecule has 0 aliphatic carbocycles. The van der Waals surface area contributed by atoms with Gasteiger partial charge in [0.15, 0.2) is 0 Å². The van der Waals surface area contributed by atoms with Gasteiger partial charge in [-0.1, -0.05) is 12.1 Å². The minimum Gasteiger partial charge on any atom is -0.360 e. The number of hydrogen-bond acceptors (Lipinski definition) is 2. The van der Waals surface area contributed by atoms with Crippen LogP contribution in [-0.4, -0.2) is 20.9 Å². The summed E-state index contributed by atoms with van der Waals surface area (Å²) >= 11 is 0. The summed E-state index contributed by atoms with van der Waals surface area (Å²) in [7, 11) is 0. The lowest BCUT2D eigenvalue weighted by Gasteiger charge is -2.01. The SMILES string of the molecule is C(=N\n1cccc1)/c1c[nH]c2cc(-c3ccncc3)ccc12. The lowest BCUT2D eigenvalue weighted by atomic mass is 10.0. The van der Waals surface area contributed by atoms with Crippen molar-refractivity contribution in [2.75, 3.05) is 0 Å². The highest BCUT2D eigenvalue weighted by Gasteiger charge is 2.04. The molecule has 0 aliphatic heterocycles. The van der Waals surface area contributed by atoms with Gasteiger partial charge in [-0.3, -0.25) is 4.98 Å². The third kappa shape index (κ3) is 2.31. The van der Waals surface area contributed by atoms with Gasteiger partial charge in [-0.15, -0.1) is 0 Å². The van der Waals surface area contributed by atoms with E-state index < -0.39 is 0 Å². The largest absolute Gasteiger partial charge is 0.360 e. The number of hydrogen-bond donors (Lipinski definition) is 1. The highest BCUT2D eigenvalue weighted by molar-refractivity contribution is 6.00. The highest BCUT2D eigenvalue weighted by Crippen LogP contribution is 2.25. The predicted molar refractivity (Wildman–Crippen MR) is 89.0 cm³/mol. The van der Waals surface area contributed by atoms with Crippen molar-refractivity contribution < 1.29 is 0 Å². The van der Waals surface area contributed by atoms with E-state index in [1.54, 1.807) is 4.68 Å². The summed E-state index contributed by atoms with van der Waals surface area (Å²) in [6, 6.07) is 14.3. The van der Waals surface area contributed by atoms with E-state index in [2.05, 4.69) is 33.3 Å². The van der Waals surface area contributed by atoms with Gasteiger partial charge in [0.05, 0.1) is 6.21 Å². The van der Waals surface area contributed by atoms with Crippen molar-refractivity contribution in [3.63, 3.8) is 0 Å². The number of pyridine rings is 1. The van der Waals surface area contributed by atoms with Gasteiger partial charge in [-0.25, -0.2) is 4.68 Å². The van der Waals surface area contributed by atoms with E-state index in [0.717, 1.165) is 22.0 Å². The van der Waals surface area contributed by atoms with Crippen LogP contribution in [0.3, 0.4) is 0 Å². The van der Waals surface area contributed by atoms with E-state index in [9.17, 15) is 0 Å². The molecule has 0 bridgehead atoms. The van der Waals surface area contributed by atoms with Gasteiger partial charge in [0.25, 0.3) is 0 Å². The lowest BCUT2D eigenvalue weighted by Crippen LogP contribution is -1.85. The zero-order valence-electron chi connectivity index (χ0n) is 11.8. The zero-order valence-corrected chi connectivity index (χ0v) is 11.8. The van der Waals surface area contributed by atoms with Crippen molar-refractivity contribution in [3.8, 4) is 11.1 Å². The fourth-order valence-electron chi connectivity index (χ4n) is 2.51. The number of nitrogens with one attached hydrogen (secondary N) is 1. The van der Waals surface area contributed by atoms with Crippen LogP contribution in [0.25, 0.3) is 22.0 Å². The van der Waals surface area contributed by atoms with Gasteiger partial charge >= 0.3 is 0 Å². The maximum Gasteiger partial charge on any atom is 0.0572 e. The second-order valence-electron chi connectivity index (χ2n) is 5.05. The van der Waals surface area contributed by atoms with Crippen molar-refractivity contribution in [2.24, 2.45) is 5.10 Å². The zero-order chi connectivity index (χ0) is 14.8. The smallest absolute Gasteiger partial charge is 0.0572 e. The van der Waals surface area contributed by atoms with Crippen LogP contribution in [0.4, 0.5) is 0 Å². The summed E-state index contributed by atoms with van der Waals surface area (Å²) in [6.45, 7) is 0. The molecule has 4 rings (SSSR count). The molecule has 4 nitrogen and oxygen atoms in total. The second-order valence-corrected chi connectivity index (χ2v) is 5.05. The molecule has 0 spiro atoms. The van der Waals surface area contributed by atoms with E-state index in [-0.39, 0.29) is 0 Å². The molecule has 0 saturated carbocycles. The summed E-state index contributed by atoms with van der Waals surface area (Å²) in [5.74, 6) is 0. The van der Waals surface area contributed by atoms with E-state index in [4.69, 9.17) is 0 Å². The fourth-order valence-corrected chi connectivity index (χ4v) is 2.51. The quantitative estimate of drug-likeness (QED) is 0.570. The Bertz CT molecular complexity index is 918. The number of H-pyrrole nitrogens is 1. The second kappa shape index (κ2) is 5.33. The molecule has 3 heterocycles. The average molecular weight is 286 g/mol. The van der Waals surface area contributed by atoms with Crippen molar-refractivity contribution in [1.29, 1.82) is 0 Å². The Kier molecular flexibility index (Phi) is 3.05. The van der Waals surface area contributed by atoms with Gasteiger partial charge in [0.1, 0.15) is 0 Å². The number of aromatic nitrogens is 3. The Morgan fingerprint density at radius 2 is 1.82 bits per heavy atom. The molecule has 0 atom stereocenters. The molecule has 4 aromatic rings. The number of fused-ring (bicyclic) bond motifs is 1. The number of rotatable bonds is 3. The van der Waals surface area contributed by atoms with Gasteiger partial charge in [0, 0.05) is 47.5 Å². The van der Waals surface area contributed by atoms with Gasteiger partial charge in [-0.2, -0.15) is 5.10 Å². The van der Waals surface area contributed by atoms with Crippen LogP contribution < -0.4 is 0 Å². The topological polar surface area (TPSA) is 46.0 Å². The molecule has 0 amide bonds. The first-order valence-corrected chi connectivity index (χ1v) is 7.09. The number of aromatic amines is 1. The summed E-state index contributed by atoms with van der Waals surface area (Å²) in [5, 5.41) is 5.56. The molecule has 0 fully saturated rings. The Balaban J connectivity index is 1.72. The molecule has 1 aromatic carbocycles. The Morgan fingerprint density at radius 1 is 1.00 bits per heavy atom. The summed E-state index contributed by atoms with van der Waals surface area (Å²) in [6.07, 6.45) is 11.3. The molecule has 0 unspecified atom stereocenters. The molecule has 4 heteroatoms. The van der Waals surface area contributed by atoms with E-state index in [1.165, 1.54) is 5.56 Å². The fraction of sp³-hybridized carbons (Fsp3) is 0. The summed E-state index contributed by atoms with van der Waals surface area (Å²) in [4.78, 5) is 7.37. The first-order chi connectivity index (χ1) is 10.9. The lowest BCUT2D eigenvalue weighted by molar-refractivity contribution is 0.895. The van der Waals surface area contributed by atoms with E-state index in [1.807, 2.05) is 61.5 Å². The molecule has 0 saturated heterocycles. The van der Waals surface area contributed by atoms with Crippen LogP contribution in [0.5, 0.6) is 0 Å². The third-order valence-corrected chi connectivity index (χ3v) is 3.65. The molecule has 1 N–H and O–H groups in total. The Hall–Kier alpha value is -3.14. The maximum absolute atomic E-state index is 4.40. The Labute approximate surface area is 127 Å². The van der Waals surface area contributed by atoms with E-state index in [0.29, 0.717) is 0 Å². The van der Waals surface area contributed by atoms with Crippen LogP contribution in [0.15, 0.2) is 78.6 Å². The first kappa shape index (κ1) is 12.6. The molecule has 22 heavy (non-hydrogen) atoms. The minimum absolute atomic E-state index is 1.07. The van der Waals surface area contributed by atoms with Crippen molar-refractivity contribution >= 4 is 17.1 Å². The average Bonchev–Trinajstić information content (AvgIpc) is 3.23. The van der Waals surface area contributed by atoms with Crippen LogP contribution in [0.1, 0.15) is 5.56 Å². The standard InChI is InChI=1S/C18H14N4/c1-2-10-22(9-1)21-13-16-12-20-18-11-15(3-4-17(16)18)14-5-7-19-8-6-14/h1-13,20H/b21-13+. The Morgan fingerprint density at radius 3 is 2.64 bits per heavy atom.